The largest absolute Gasteiger partial charge is 0.399 e. The Morgan fingerprint density at radius 3 is 1.12 bits per heavy atom. The van der Waals surface area contributed by atoms with Crippen LogP contribution in [0.15, 0.2) is 48.5 Å². The van der Waals surface area contributed by atoms with Gasteiger partial charge in [0.15, 0.2) is 0 Å². The third-order valence-corrected chi connectivity index (χ3v) is 2.15. The first kappa shape index (κ1) is 13.1. The van der Waals surface area contributed by atoms with Gasteiger partial charge in [-0.1, -0.05) is 44.5 Å². The minimum absolute atomic E-state index is 0.782. The van der Waals surface area contributed by atoms with Crippen LogP contribution in [0.1, 0.15) is 20.3 Å². The van der Waals surface area contributed by atoms with Gasteiger partial charge in [0, 0.05) is 11.4 Å². The zero-order valence-electron chi connectivity index (χ0n) is 10.5. The van der Waals surface area contributed by atoms with E-state index in [-0.39, 0.29) is 0 Å². The fourth-order valence-electron chi connectivity index (χ4n) is 1.35. The van der Waals surface area contributed by atoms with Crippen molar-refractivity contribution < 1.29 is 0 Å². The normalized spacial score (nSPS) is 9.29. The molecule has 90 valence electrons. The molecule has 0 spiro atoms. The number of nitrogen functional groups attached to an aromatic ring is 2. The van der Waals surface area contributed by atoms with Crippen LogP contribution >= 0.6 is 0 Å². The Morgan fingerprint density at radius 2 is 0.882 bits per heavy atom. The summed E-state index contributed by atoms with van der Waals surface area (Å²) in [6.07, 6.45) is 1.25. The van der Waals surface area contributed by atoms with Crippen LogP contribution in [-0.4, -0.2) is 0 Å². The summed E-state index contributed by atoms with van der Waals surface area (Å²) in [4.78, 5) is 0. The molecule has 0 amide bonds. The molecule has 0 aliphatic rings. The lowest BCUT2D eigenvalue weighted by Gasteiger charge is -2.02. The number of benzene rings is 2. The van der Waals surface area contributed by atoms with E-state index in [0.29, 0.717) is 0 Å². The molecule has 17 heavy (non-hydrogen) atoms. The molecule has 0 heterocycles. The van der Waals surface area contributed by atoms with Gasteiger partial charge in [-0.05, 0) is 35.4 Å². The summed E-state index contributed by atoms with van der Waals surface area (Å²) in [6.45, 7) is 4.25. The molecule has 0 saturated carbocycles. The lowest BCUT2D eigenvalue weighted by molar-refractivity contribution is 1.09. The Labute approximate surface area is 103 Å². The number of hydrogen-bond donors (Lipinski definition) is 2. The molecule has 2 aromatic carbocycles. The molecular formula is C15H20N2. The van der Waals surface area contributed by atoms with Gasteiger partial charge in [0.05, 0.1) is 0 Å². The van der Waals surface area contributed by atoms with E-state index in [2.05, 4.69) is 13.8 Å². The van der Waals surface area contributed by atoms with E-state index in [0.717, 1.165) is 22.5 Å². The summed E-state index contributed by atoms with van der Waals surface area (Å²) in [5, 5.41) is 0. The van der Waals surface area contributed by atoms with Gasteiger partial charge < -0.3 is 11.5 Å². The highest BCUT2D eigenvalue weighted by Gasteiger charge is 1.95. The zero-order valence-corrected chi connectivity index (χ0v) is 10.5. The van der Waals surface area contributed by atoms with Crippen molar-refractivity contribution in [2.75, 3.05) is 11.5 Å². The summed E-state index contributed by atoms with van der Waals surface area (Å²) >= 11 is 0. The third kappa shape index (κ3) is 4.19. The van der Waals surface area contributed by atoms with Crippen molar-refractivity contribution in [3.05, 3.63) is 48.5 Å². The number of nitrogens with two attached hydrogens (primary N) is 2. The molecule has 2 aromatic rings. The Balaban J connectivity index is 0.000000437. The van der Waals surface area contributed by atoms with Crippen LogP contribution < -0.4 is 11.5 Å². The lowest BCUT2D eigenvalue weighted by Crippen LogP contribution is -1.85. The van der Waals surface area contributed by atoms with Crippen LogP contribution in [-0.2, 0) is 0 Å². The Kier molecular flexibility index (Phi) is 5.08. The van der Waals surface area contributed by atoms with E-state index < -0.39 is 0 Å². The quantitative estimate of drug-likeness (QED) is 0.726. The van der Waals surface area contributed by atoms with E-state index in [1.54, 1.807) is 0 Å². The predicted molar refractivity (Wildman–Crippen MR) is 76.7 cm³/mol. The molecule has 0 aromatic heterocycles. The SMILES string of the molecule is CCC.Nc1ccc(-c2ccc(N)cc2)cc1. The fraction of sp³-hybridized carbons (Fsp3) is 0.200. The van der Waals surface area contributed by atoms with E-state index in [4.69, 9.17) is 11.5 Å². The monoisotopic (exact) mass is 228 g/mol. The van der Waals surface area contributed by atoms with Crippen LogP contribution in [0.25, 0.3) is 11.1 Å². The summed E-state index contributed by atoms with van der Waals surface area (Å²) in [5.74, 6) is 0. The van der Waals surface area contributed by atoms with Crippen molar-refractivity contribution in [3.8, 4) is 11.1 Å². The lowest BCUT2D eigenvalue weighted by atomic mass is 10.1. The third-order valence-electron chi connectivity index (χ3n) is 2.15. The number of rotatable bonds is 1. The van der Waals surface area contributed by atoms with Crippen molar-refractivity contribution in [2.24, 2.45) is 0 Å². The highest BCUT2D eigenvalue weighted by atomic mass is 14.5. The molecule has 2 heteroatoms. The smallest absolute Gasteiger partial charge is 0.0314 e. The molecule has 4 N–H and O–H groups in total. The second kappa shape index (κ2) is 6.59. The molecule has 0 saturated heterocycles. The molecule has 0 radical (unpaired) electrons. The molecule has 0 fully saturated rings. The Hall–Kier alpha value is -1.96. The summed E-state index contributed by atoms with van der Waals surface area (Å²) in [7, 11) is 0. The standard InChI is InChI=1S/C12H12N2.C3H8/c13-11-5-1-9(2-6-11)10-3-7-12(14)8-4-10;1-3-2/h1-8H,13-14H2;3H2,1-2H3. The molecule has 0 atom stereocenters. The average molecular weight is 228 g/mol. The van der Waals surface area contributed by atoms with Crippen molar-refractivity contribution in [1.29, 1.82) is 0 Å². The summed E-state index contributed by atoms with van der Waals surface area (Å²) in [6, 6.07) is 15.6. The Morgan fingerprint density at radius 1 is 0.647 bits per heavy atom. The van der Waals surface area contributed by atoms with Gasteiger partial charge in [-0.3, -0.25) is 0 Å². The van der Waals surface area contributed by atoms with E-state index in [1.807, 2.05) is 48.5 Å². The second-order valence-corrected chi connectivity index (χ2v) is 3.95. The highest BCUT2D eigenvalue weighted by Crippen LogP contribution is 2.21. The topological polar surface area (TPSA) is 52.0 Å². The maximum Gasteiger partial charge on any atom is 0.0314 e. The number of anilines is 2. The van der Waals surface area contributed by atoms with Gasteiger partial charge in [0.1, 0.15) is 0 Å². The van der Waals surface area contributed by atoms with Gasteiger partial charge in [0.2, 0.25) is 0 Å². The molecule has 0 aliphatic carbocycles. The van der Waals surface area contributed by atoms with Crippen molar-refractivity contribution in [2.45, 2.75) is 20.3 Å². The maximum atomic E-state index is 5.61. The van der Waals surface area contributed by atoms with E-state index in [9.17, 15) is 0 Å². The first-order valence-electron chi connectivity index (χ1n) is 5.88. The molecule has 0 aliphatic heterocycles. The van der Waals surface area contributed by atoms with Gasteiger partial charge in [0.25, 0.3) is 0 Å². The molecule has 2 nitrogen and oxygen atoms in total. The fourth-order valence-corrected chi connectivity index (χ4v) is 1.35. The molecule has 2 rings (SSSR count). The van der Waals surface area contributed by atoms with Crippen molar-refractivity contribution in [1.82, 2.24) is 0 Å². The van der Waals surface area contributed by atoms with Gasteiger partial charge >= 0.3 is 0 Å². The average Bonchev–Trinajstić information content (AvgIpc) is 2.32. The van der Waals surface area contributed by atoms with Gasteiger partial charge in [-0.2, -0.15) is 0 Å². The number of hydrogen-bond acceptors (Lipinski definition) is 2. The summed E-state index contributed by atoms with van der Waals surface area (Å²) in [5.41, 5.74) is 15.1. The van der Waals surface area contributed by atoms with Crippen molar-refractivity contribution >= 4 is 11.4 Å². The minimum atomic E-state index is 0.782. The van der Waals surface area contributed by atoms with Crippen LogP contribution in [0.3, 0.4) is 0 Å². The predicted octanol–water partition coefficient (Wildman–Crippen LogP) is 3.93. The molecule has 0 unspecified atom stereocenters. The Bertz CT molecular complexity index is 386. The van der Waals surface area contributed by atoms with Crippen LogP contribution in [0.5, 0.6) is 0 Å². The highest BCUT2D eigenvalue weighted by molar-refractivity contribution is 5.67. The summed E-state index contributed by atoms with van der Waals surface area (Å²) < 4.78 is 0. The molecule has 0 bridgehead atoms. The van der Waals surface area contributed by atoms with Crippen molar-refractivity contribution in [3.63, 3.8) is 0 Å². The van der Waals surface area contributed by atoms with Crippen LogP contribution in [0.2, 0.25) is 0 Å². The maximum absolute atomic E-state index is 5.61. The minimum Gasteiger partial charge on any atom is -0.399 e. The zero-order chi connectivity index (χ0) is 12.7. The van der Waals surface area contributed by atoms with Gasteiger partial charge in [-0.25, -0.2) is 0 Å². The first-order valence-corrected chi connectivity index (χ1v) is 5.88. The second-order valence-electron chi connectivity index (χ2n) is 3.95. The van der Waals surface area contributed by atoms with Crippen LogP contribution in [0, 0.1) is 0 Å². The van der Waals surface area contributed by atoms with Gasteiger partial charge in [-0.15, -0.1) is 0 Å². The van der Waals surface area contributed by atoms with E-state index >= 15 is 0 Å². The van der Waals surface area contributed by atoms with E-state index in [1.165, 1.54) is 6.42 Å². The van der Waals surface area contributed by atoms with Crippen LogP contribution in [0.4, 0.5) is 11.4 Å². The molecular weight excluding hydrogens is 208 g/mol. The first-order chi connectivity index (χ1) is 8.17.